The summed E-state index contributed by atoms with van der Waals surface area (Å²) in [6.07, 6.45) is 2.84. The van der Waals surface area contributed by atoms with Gasteiger partial charge in [-0.15, -0.1) is 0 Å². The van der Waals surface area contributed by atoms with E-state index in [2.05, 4.69) is 10.1 Å². The summed E-state index contributed by atoms with van der Waals surface area (Å²) < 4.78 is 15.4. The molecular formula is C27H24FN5O. The quantitative estimate of drug-likeness (QED) is 0.411. The van der Waals surface area contributed by atoms with E-state index in [0.717, 1.165) is 44.7 Å². The molecule has 1 aliphatic carbocycles. The van der Waals surface area contributed by atoms with Crippen molar-refractivity contribution in [1.29, 1.82) is 0 Å². The van der Waals surface area contributed by atoms with Crippen LogP contribution in [0.5, 0.6) is 0 Å². The van der Waals surface area contributed by atoms with Crippen molar-refractivity contribution in [2.24, 2.45) is 5.73 Å². The van der Waals surface area contributed by atoms with Gasteiger partial charge in [-0.2, -0.15) is 9.61 Å². The summed E-state index contributed by atoms with van der Waals surface area (Å²) in [5.41, 5.74) is 12.0. The van der Waals surface area contributed by atoms with Crippen LogP contribution >= 0.6 is 0 Å². The highest BCUT2D eigenvalue weighted by Crippen LogP contribution is 2.46. The molecule has 34 heavy (non-hydrogen) atoms. The van der Waals surface area contributed by atoms with E-state index in [4.69, 9.17) is 10.7 Å². The van der Waals surface area contributed by atoms with Crippen LogP contribution in [0.15, 0.2) is 66.9 Å². The molecule has 6 nitrogen and oxygen atoms in total. The van der Waals surface area contributed by atoms with Crippen LogP contribution in [0.1, 0.15) is 31.0 Å². The Morgan fingerprint density at radius 3 is 2.35 bits per heavy atom. The fraction of sp³-hybridized carbons (Fsp3) is 0.222. The van der Waals surface area contributed by atoms with Gasteiger partial charge in [0.25, 0.3) is 0 Å². The van der Waals surface area contributed by atoms with Crippen molar-refractivity contribution in [3.05, 3.63) is 83.9 Å². The second kappa shape index (κ2) is 7.16. The first-order valence-electron chi connectivity index (χ1n) is 11.3. The molecule has 3 aromatic heterocycles. The lowest BCUT2D eigenvalue weighted by Gasteiger charge is -2.49. The number of hydrogen-bond acceptors (Lipinski definition) is 5. The Balaban J connectivity index is 1.53. The Morgan fingerprint density at radius 2 is 1.68 bits per heavy atom. The maximum atomic E-state index is 13.6. The van der Waals surface area contributed by atoms with Crippen molar-refractivity contribution in [1.82, 2.24) is 19.6 Å². The van der Waals surface area contributed by atoms with E-state index in [0.29, 0.717) is 18.5 Å². The zero-order valence-corrected chi connectivity index (χ0v) is 19.0. The summed E-state index contributed by atoms with van der Waals surface area (Å²) in [7, 11) is 0. The minimum Gasteiger partial charge on any atom is -0.390 e. The summed E-state index contributed by atoms with van der Waals surface area (Å²) in [4.78, 5) is 9.54. The van der Waals surface area contributed by atoms with Crippen molar-refractivity contribution in [3.8, 4) is 22.4 Å². The Kier molecular flexibility index (Phi) is 4.40. The Labute approximate surface area is 195 Å². The van der Waals surface area contributed by atoms with Crippen LogP contribution in [0.25, 0.3) is 39.1 Å². The number of pyridine rings is 1. The van der Waals surface area contributed by atoms with E-state index < -0.39 is 11.1 Å². The van der Waals surface area contributed by atoms with Crippen LogP contribution in [0.4, 0.5) is 4.39 Å². The molecule has 0 spiro atoms. The molecule has 0 bridgehead atoms. The first-order chi connectivity index (χ1) is 16.2. The van der Waals surface area contributed by atoms with Gasteiger partial charge in [-0.05, 0) is 56.0 Å². The van der Waals surface area contributed by atoms with Gasteiger partial charge in [-0.3, -0.25) is 0 Å². The van der Waals surface area contributed by atoms with Crippen molar-refractivity contribution in [3.63, 3.8) is 0 Å². The number of nitrogens with zero attached hydrogens (tertiary/aromatic N) is 4. The first-order valence-corrected chi connectivity index (χ1v) is 11.3. The molecule has 0 amide bonds. The van der Waals surface area contributed by atoms with Gasteiger partial charge in [0.15, 0.2) is 11.3 Å². The normalized spacial score (nSPS) is 22.3. The number of aryl methyl sites for hydroxylation is 1. The largest absolute Gasteiger partial charge is 0.390 e. The predicted octanol–water partition coefficient (Wildman–Crippen LogP) is 4.76. The molecule has 3 heterocycles. The third-order valence-corrected chi connectivity index (χ3v) is 6.66. The van der Waals surface area contributed by atoms with Crippen LogP contribution < -0.4 is 5.73 Å². The minimum absolute atomic E-state index is 0.289. The maximum Gasteiger partial charge on any atom is 0.165 e. The van der Waals surface area contributed by atoms with Gasteiger partial charge in [0.05, 0.1) is 17.0 Å². The average Bonchev–Trinajstić information content (AvgIpc) is 3.18. The van der Waals surface area contributed by atoms with E-state index in [9.17, 15) is 9.50 Å². The summed E-state index contributed by atoms with van der Waals surface area (Å²) in [5.74, 6) is -0.289. The molecule has 7 heteroatoms. The number of nitrogens with two attached hydrogens (primary N) is 1. The molecule has 6 rings (SSSR count). The van der Waals surface area contributed by atoms with E-state index in [1.807, 2.05) is 50.2 Å². The molecule has 0 atom stereocenters. The van der Waals surface area contributed by atoms with Crippen molar-refractivity contribution >= 4 is 16.7 Å². The van der Waals surface area contributed by atoms with Gasteiger partial charge in [-0.1, -0.05) is 36.4 Å². The van der Waals surface area contributed by atoms with E-state index >= 15 is 0 Å². The Hall–Kier alpha value is -3.68. The molecular weight excluding hydrogens is 429 g/mol. The van der Waals surface area contributed by atoms with E-state index in [1.54, 1.807) is 22.8 Å². The molecule has 1 aliphatic rings. The number of fused-ring (bicyclic) bond motifs is 3. The highest BCUT2D eigenvalue weighted by molar-refractivity contribution is 5.90. The first kappa shape index (κ1) is 20.9. The number of aliphatic hydroxyl groups is 1. The second-order valence-electron chi connectivity index (χ2n) is 9.70. The summed E-state index contributed by atoms with van der Waals surface area (Å²) in [5, 5.41) is 15.6. The van der Waals surface area contributed by atoms with E-state index in [1.165, 1.54) is 12.1 Å². The monoisotopic (exact) mass is 453 g/mol. The van der Waals surface area contributed by atoms with Crippen molar-refractivity contribution < 1.29 is 9.50 Å². The molecule has 5 aromatic rings. The van der Waals surface area contributed by atoms with Gasteiger partial charge in [0.2, 0.25) is 0 Å². The average molecular weight is 454 g/mol. The zero-order valence-electron chi connectivity index (χ0n) is 19.0. The maximum absolute atomic E-state index is 13.6. The lowest BCUT2D eigenvalue weighted by atomic mass is 9.63. The lowest BCUT2D eigenvalue weighted by molar-refractivity contribution is -0.0738. The molecule has 3 N–H and O–H groups in total. The van der Waals surface area contributed by atoms with E-state index in [-0.39, 0.29) is 5.82 Å². The molecule has 1 fully saturated rings. The molecule has 0 aliphatic heterocycles. The van der Waals surface area contributed by atoms with Gasteiger partial charge in [0.1, 0.15) is 5.82 Å². The van der Waals surface area contributed by atoms with Gasteiger partial charge >= 0.3 is 0 Å². The number of rotatable bonds is 3. The smallest absolute Gasteiger partial charge is 0.165 e. The van der Waals surface area contributed by atoms with Crippen LogP contribution in [0, 0.1) is 12.7 Å². The molecule has 170 valence electrons. The second-order valence-corrected chi connectivity index (χ2v) is 9.70. The SMILES string of the molecule is Cc1cc2ncc3cc(-c4ccc(F)cc4)c(-c4ccc([C@]5(N)C[C@](C)(O)C5)cc4)nc3n2n1. The van der Waals surface area contributed by atoms with Crippen LogP contribution in [0.2, 0.25) is 0 Å². The minimum atomic E-state index is -0.718. The van der Waals surface area contributed by atoms with Crippen LogP contribution in [-0.4, -0.2) is 30.3 Å². The van der Waals surface area contributed by atoms with Crippen molar-refractivity contribution in [2.75, 3.05) is 0 Å². The lowest BCUT2D eigenvalue weighted by Crippen LogP contribution is -2.58. The summed E-state index contributed by atoms with van der Waals surface area (Å²) >= 11 is 0. The molecule has 0 radical (unpaired) electrons. The van der Waals surface area contributed by atoms with Crippen LogP contribution in [-0.2, 0) is 5.54 Å². The summed E-state index contributed by atoms with van der Waals surface area (Å²) in [6, 6.07) is 18.4. The fourth-order valence-corrected chi connectivity index (χ4v) is 5.19. The fourth-order valence-electron chi connectivity index (χ4n) is 5.19. The number of aromatic nitrogens is 4. The highest BCUT2D eigenvalue weighted by Gasteiger charge is 2.49. The van der Waals surface area contributed by atoms with Gasteiger partial charge < -0.3 is 10.8 Å². The van der Waals surface area contributed by atoms with Gasteiger partial charge in [-0.25, -0.2) is 14.4 Å². The summed E-state index contributed by atoms with van der Waals surface area (Å²) in [6.45, 7) is 3.74. The molecule has 0 unspecified atom stereocenters. The third-order valence-electron chi connectivity index (χ3n) is 6.66. The third kappa shape index (κ3) is 3.36. The Morgan fingerprint density at radius 1 is 1.00 bits per heavy atom. The zero-order chi connectivity index (χ0) is 23.7. The number of benzene rings is 2. The molecule has 2 aromatic carbocycles. The van der Waals surface area contributed by atoms with Gasteiger partial charge in [0, 0.05) is 34.3 Å². The predicted molar refractivity (Wildman–Crippen MR) is 130 cm³/mol. The number of hydrogen-bond donors (Lipinski definition) is 2. The molecule has 0 saturated heterocycles. The Bertz CT molecular complexity index is 1550. The van der Waals surface area contributed by atoms with Crippen LogP contribution in [0.3, 0.4) is 0 Å². The van der Waals surface area contributed by atoms with Crippen molar-refractivity contribution in [2.45, 2.75) is 37.8 Å². The molecule has 1 saturated carbocycles. The topological polar surface area (TPSA) is 89.3 Å². The standard InChI is InChI=1S/C27H24FN5O/c1-16-11-23-30-13-19-12-22(17-5-9-21(28)10-6-17)24(31-25(19)33(23)32-16)18-3-7-20(8-4-18)27(29)14-26(2,34)15-27/h3-13,34H,14-15,29H2,1-2H3/t26-,27-. The highest BCUT2D eigenvalue weighted by atomic mass is 19.1. The number of halogens is 1.